The Balaban J connectivity index is 1.76. The molecule has 0 unspecified atom stereocenters. The molecule has 0 aromatic carbocycles. The van der Waals surface area contributed by atoms with Crippen LogP contribution in [0.5, 0.6) is 0 Å². The van der Waals surface area contributed by atoms with E-state index in [4.69, 9.17) is 0 Å². The summed E-state index contributed by atoms with van der Waals surface area (Å²) in [6, 6.07) is 0. The summed E-state index contributed by atoms with van der Waals surface area (Å²) >= 11 is 0. The van der Waals surface area contributed by atoms with Gasteiger partial charge in [0.25, 0.3) is 0 Å². The maximum Gasteiger partial charge on any atom is 0.233 e. The van der Waals surface area contributed by atoms with Gasteiger partial charge in [0.05, 0.1) is 6.54 Å². The number of piperazine rings is 1. The molecule has 0 radical (unpaired) electrons. The highest BCUT2D eigenvalue weighted by Gasteiger charge is 2.18. The Morgan fingerprint density at radius 3 is 2.48 bits per heavy atom. The summed E-state index contributed by atoms with van der Waals surface area (Å²) in [5.74, 6) is 2.86. The molecule has 0 aliphatic carbocycles. The van der Waals surface area contributed by atoms with Crippen LogP contribution in [-0.2, 0) is 0 Å². The van der Waals surface area contributed by atoms with Crippen LogP contribution >= 0.6 is 0 Å². The first-order chi connectivity index (χ1) is 10.1. The number of aliphatic imine (C=N–C) groups is 1. The fourth-order valence-corrected chi connectivity index (χ4v) is 2.40. The van der Waals surface area contributed by atoms with Crippen molar-refractivity contribution < 1.29 is 0 Å². The van der Waals surface area contributed by atoms with Crippen molar-refractivity contribution in [3.63, 3.8) is 0 Å². The fourth-order valence-electron chi connectivity index (χ4n) is 2.40. The Bertz CT molecular complexity index is 585. The zero-order valence-corrected chi connectivity index (χ0v) is 12.8. The zero-order chi connectivity index (χ0) is 14.8. The van der Waals surface area contributed by atoms with Gasteiger partial charge in [-0.05, 0) is 32.5 Å². The van der Waals surface area contributed by atoms with E-state index in [1.807, 2.05) is 13.0 Å². The van der Waals surface area contributed by atoms with Crippen LogP contribution in [0.2, 0.25) is 0 Å². The molecular formula is C14H21N7. The summed E-state index contributed by atoms with van der Waals surface area (Å²) in [4.78, 5) is 22.3. The maximum absolute atomic E-state index is 4.53. The second-order valence-electron chi connectivity index (χ2n) is 5.61. The Labute approximate surface area is 124 Å². The highest BCUT2D eigenvalue weighted by Crippen LogP contribution is 2.14. The number of aromatic nitrogens is 3. The number of hydrogen-bond acceptors (Lipinski definition) is 7. The Hall–Kier alpha value is -2.02. The monoisotopic (exact) mass is 287 g/mol. The van der Waals surface area contributed by atoms with E-state index in [0.29, 0.717) is 5.95 Å². The lowest BCUT2D eigenvalue weighted by atomic mass is 10.3. The van der Waals surface area contributed by atoms with Gasteiger partial charge in [-0.15, -0.1) is 0 Å². The van der Waals surface area contributed by atoms with Crippen molar-refractivity contribution in [2.24, 2.45) is 4.99 Å². The molecule has 1 fully saturated rings. The molecule has 1 aromatic heterocycles. The van der Waals surface area contributed by atoms with Gasteiger partial charge in [-0.2, -0.15) is 15.0 Å². The molecule has 7 nitrogen and oxygen atoms in total. The standard InChI is InChI=1S/C14H21N7/c1-10-8-12(15-9-10)18-13-16-11(2)17-14(19-13)21-6-4-20(3)5-7-21/h8H,4-7,9H2,1-3H3,(H,15,16,17,18,19). The number of likely N-dealkylation sites (N-methyl/N-ethyl adjacent to an activating group) is 1. The van der Waals surface area contributed by atoms with Crippen molar-refractivity contribution in [1.82, 2.24) is 19.9 Å². The lowest BCUT2D eigenvalue weighted by Crippen LogP contribution is -2.45. The number of nitrogens with zero attached hydrogens (tertiary/aromatic N) is 6. The van der Waals surface area contributed by atoms with Gasteiger partial charge in [0.15, 0.2) is 0 Å². The van der Waals surface area contributed by atoms with Gasteiger partial charge >= 0.3 is 0 Å². The molecule has 3 heterocycles. The van der Waals surface area contributed by atoms with Crippen LogP contribution in [0.4, 0.5) is 11.9 Å². The third-order valence-corrected chi connectivity index (χ3v) is 3.64. The predicted molar refractivity (Wildman–Crippen MR) is 84.0 cm³/mol. The number of anilines is 2. The van der Waals surface area contributed by atoms with Gasteiger partial charge in [0.1, 0.15) is 11.7 Å². The number of hydrogen-bond donors (Lipinski definition) is 1. The molecule has 0 atom stereocenters. The SMILES string of the molecule is CC1=CC(Nc2nc(C)nc(N3CCN(C)CC3)n2)=NC1. The van der Waals surface area contributed by atoms with Crippen LogP contribution in [0.25, 0.3) is 0 Å². The van der Waals surface area contributed by atoms with E-state index in [-0.39, 0.29) is 0 Å². The molecule has 0 amide bonds. The molecule has 112 valence electrons. The van der Waals surface area contributed by atoms with E-state index in [1.165, 1.54) is 5.57 Å². The third-order valence-electron chi connectivity index (χ3n) is 3.64. The van der Waals surface area contributed by atoms with E-state index < -0.39 is 0 Å². The van der Waals surface area contributed by atoms with Gasteiger partial charge in [0, 0.05) is 26.2 Å². The number of amidine groups is 1. The Kier molecular flexibility index (Phi) is 3.83. The van der Waals surface area contributed by atoms with E-state index in [2.05, 4.69) is 49.0 Å². The molecule has 1 saturated heterocycles. The molecular weight excluding hydrogens is 266 g/mol. The summed E-state index contributed by atoms with van der Waals surface area (Å²) in [5, 5.41) is 3.17. The average molecular weight is 287 g/mol. The van der Waals surface area contributed by atoms with Crippen LogP contribution in [0.1, 0.15) is 12.7 Å². The fraction of sp³-hybridized carbons (Fsp3) is 0.571. The van der Waals surface area contributed by atoms with E-state index in [1.54, 1.807) is 0 Å². The molecule has 1 N–H and O–H groups in total. The second-order valence-corrected chi connectivity index (χ2v) is 5.61. The molecule has 7 heteroatoms. The van der Waals surface area contributed by atoms with Crippen LogP contribution in [0.15, 0.2) is 16.6 Å². The molecule has 1 aromatic rings. The predicted octanol–water partition coefficient (Wildman–Crippen LogP) is 0.702. The van der Waals surface area contributed by atoms with Crippen molar-refractivity contribution in [2.75, 3.05) is 50.0 Å². The van der Waals surface area contributed by atoms with Crippen molar-refractivity contribution >= 4 is 17.7 Å². The molecule has 0 bridgehead atoms. The summed E-state index contributed by atoms with van der Waals surface area (Å²) in [6.45, 7) is 8.65. The minimum Gasteiger partial charge on any atom is -0.338 e. The van der Waals surface area contributed by atoms with Gasteiger partial charge in [-0.25, -0.2) is 0 Å². The topological polar surface area (TPSA) is 69.5 Å². The quantitative estimate of drug-likeness (QED) is 0.863. The lowest BCUT2D eigenvalue weighted by molar-refractivity contribution is 0.311. The Morgan fingerprint density at radius 1 is 1.05 bits per heavy atom. The van der Waals surface area contributed by atoms with Crippen molar-refractivity contribution in [1.29, 1.82) is 0 Å². The van der Waals surface area contributed by atoms with Crippen LogP contribution < -0.4 is 10.2 Å². The number of rotatable bonds is 2. The smallest absolute Gasteiger partial charge is 0.233 e. The molecule has 0 saturated carbocycles. The van der Waals surface area contributed by atoms with Gasteiger partial charge in [-0.1, -0.05) is 0 Å². The van der Waals surface area contributed by atoms with Crippen molar-refractivity contribution in [3.8, 4) is 0 Å². The molecule has 21 heavy (non-hydrogen) atoms. The highest BCUT2D eigenvalue weighted by atomic mass is 15.3. The largest absolute Gasteiger partial charge is 0.338 e. The lowest BCUT2D eigenvalue weighted by Gasteiger charge is -2.32. The molecule has 2 aliphatic rings. The summed E-state index contributed by atoms with van der Waals surface area (Å²) in [7, 11) is 2.13. The van der Waals surface area contributed by atoms with Crippen LogP contribution in [0.3, 0.4) is 0 Å². The molecule has 2 aliphatic heterocycles. The molecule has 3 rings (SSSR count). The number of aryl methyl sites for hydroxylation is 1. The highest BCUT2D eigenvalue weighted by molar-refractivity contribution is 6.04. The normalized spacial score (nSPS) is 19.5. The first-order valence-electron chi connectivity index (χ1n) is 7.25. The minimum atomic E-state index is 0.570. The van der Waals surface area contributed by atoms with E-state index in [0.717, 1.165) is 50.3 Å². The first-order valence-corrected chi connectivity index (χ1v) is 7.25. The van der Waals surface area contributed by atoms with Gasteiger partial charge < -0.3 is 15.1 Å². The zero-order valence-electron chi connectivity index (χ0n) is 12.8. The maximum atomic E-state index is 4.53. The van der Waals surface area contributed by atoms with E-state index in [9.17, 15) is 0 Å². The summed E-state index contributed by atoms with van der Waals surface area (Å²) in [5.41, 5.74) is 1.24. The first kappa shape index (κ1) is 13.9. The summed E-state index contributed by atoms with van der Waals surface area (Å²) in [6.07, 6.45) is 2.02. The molecule has 0 spiro atoms. The third kappa shape index (κ3) is 3.36. The van der Waals surface area contributed by atoms with Crippen LogP contribution in [-0.4, -0.2) is 65.5 Å². The second kappa shape index (κ2) is 5.77. The van der Waals surface area contributed by atoms with Gasteiger partial charge in [-0.3, -0.25) is 4.99 Å². The minimum absolute atomic E-state index is 0.570. The van der Waals surface area contributed by atoms with E-state index >= 15 is 0 Å². The van der Waals surface area contributed by atoms with Crippen molar-refractivity contribution in [2.45, 2.75) is 13.8 Å². The number of nitrogens with one attached hydrogen (secondary N) is 1. The van der Waals surface area contributed by atoms with Crippen LogP contribution in [0, 0.1) is 6.92 Å². The van der Waals surface area contributed by atoms with Gasteiger partial charge in [0.2, 0.25) is 11.9 Å². The summed E-state index contributed by atoms with van der Waals surface area (Å²) < 4.78 is 0. The van der Waals surface area contributed by atoms with Crippen molar-refractivity contribution in [3.05, 3.63) is 17.5 Å². The average Bonchev–Trinajstić information content (AvgIpc) is 2.84. The Morgan fingerprint density at radius 2 is 1.81 bits per heavy atom.